The summed E-state index contributed by atoms with van der Waals surface area (Å²) in [5, 5.41) is 11.9. The van der Waals surface area contributed by atoms with E-state index in [1.54, 1.807) is 7.11 Å². The minimum absolute atomic E-state index is 0.00192. The first-order chi connectivity index (χ1) is 17.0. The lowest BCUT2D eigenvalue weighted by atomic mass is 9.68. The molecule has 2 aromatic carbocycles. The van der Waals surface area contributed by atoms with E-state index in [1.807, 2.05) is 41.3 Å². The molecule has 1 saturated carbocycles. The molecule has 1 spiro atoms. The Morgan fingerprint density at radius 3 is 2.51 bits per heavy atom. The van der Waals surface area contributed by atoms with Crippen molar-refractivity contribution in [3.8, 4) is 5.75 Å². The number of aryl methyl sites for hydroxylation is 1. The molecule has 1 amide bonds. The van der Waals surface area contributed by atoms with E-state index in [2.05, 4.69) is 28.6 Å². The van der Waals surface area contributed by atoms with Crippen molar-refractivity contribution >= 4 is 16.8 Å². The summed E-state index contributed by atoms with van der Waals surface area (Å²) >= 11 is 0. The monoisotopic (exact) mass is 473 g/mol. The largest absolute Gasteiger partial charge is 0.497 e. The minimum atomic E-state index is -0.379. The van der Waals surface area contributed by atoms with Crippen LogP contribution >= 0.6 is 0 Å². The summed E-state index contributed by atoms with van der Waals surface area (Å²) in [6.07, 6.45) is 4.78. The maximum atomic E-state index is 13.8. The zero-order valence-corrected chi connectivity index (χ0v) is 20.7. The van der Waals surface area contributed by atoms with Gasteiger partial charge >= 0.3 is 0 Å². The van der Waals surface area contributed by atoms with Gasteiger partial charge < -0.3 is 24.2 Å². The van der Waals surface area contributed by atoms with E-state index in [4.69, 9.17) is 4.74 Å². The van der Waals surface area contributed by atoms with E-state index in [-0.39, 0.29) is 24.0 Å². The fourth-order valence-corrected chi connectivity index (χ4v) is 6.56. The molecule has 2 aliphatic heterocycles. The maximum absolute atomic E-state index is 13.8. The number of benzene rings is 2. The van der Waals surface area contributed by atoms with Gasteiger partial charge in [-0.3, -0.25) is 4.79 Å². The number of likely N-dealkylation sites (tertiary alicyclic amines) is 1. The van der Waals surface area contributed by atoms with Crippen LogP contribution < -0.4 is 4.74 Å². The lowest BCUT2D eigenvalue weighted by molar-refractivity contribution is 0.0332. The van der Waals surface area contributed by atoms with Crippen LogP contribution in [0.25, 0.3) is 10.9 Å². The Balaban J connectivity index is 1.48. The summed E-state index contributed by atoms with van der Waals surface area (Å²) in [5.74, 6) is 1.70. The summed E-state index contributed by atoms with van der Waals surface area (Å²) in [6.45, 7) is 3.86. The molecule has 3 heterocycles. The second-order valence-electron chi connectivity index (χ2n) is 10.7. The van der Waals surface area contributed by atoms with Crippen LogP contribution in [-0.4, -0.2) is 65.3 Å². The van der Waals surface area contributed by atoms with Crippen LogP contribution in [0.2, 0.25) is 0 Å². The standard InChI is InChI=1S/C29H35N3O3/c1-30-24-16-22(35-2)10-11-23(24)26-27(30)25(18-33)32(28(34)21-6-4-3-5-7-21)19-29(26)12-14-31(15-13-29)17-20-8-9-20/h3-7,10-11,16,20,25,33H,8-9,12-15,17-19H2,1-2H3/t25-/m0/s1. The number of carbonyl (C=O) groups excluding carboxylic acids is 1. The molecular weight excluding hydrogens is 438 g/mol. The number of piperidine rings is 1. The summed E-state index contributed by atoms with van der Waals surface area (Å²) in [5.41, 5.74) is 4.05. The smallest absolute Gasteiger partial charge is 0.254 e. The molecule has 0 unspecified atom stereocenters. The number of aromatic nitrogens is 1. The van der Waals surface area contributed by atoms with Gasteiger partial charge in [0, 0.05) is 48.3 Å². The molecule has 35 heavy (non-hydrogen) atoms. The highest BCUT2D eigenvalue weighted by Gasteiger charge is 2.49. The van der Waals surface area contributed by atoms with Gasteiger partial charge in [-0.2, -0.15) is 0 Å². The molecule has 1 aromatic heterocycles. The van der Waals surface area contributed by atoms with Gasteiger partial charge in [0.1, 0.15) is 5.75 Å². The van der Waals surface area contributed by atoms with Gasteiger partial charge in [-0.25, -0.2) is 0 Å². The zero-order valence-electron chi connectivity index (χ0n) is 20.7. The van der Waals surface area contributed by atoms with Gasteiger partial charge in [0.25, 0.3) is 5.91 Å². The Hall–Kier alpha value is -2.83. The second-order valence-corrected chi connectivity index (χ2v) is 10.7. The Bertz CT molecular complexity index is 1240. The van der Waals surface area contributed by atoms with Gasteiger partial charge in [-0.1, -0.05) is 18.2 Å². The SMILES string of the molecule is COc1ccc2c3c(n(C)c2c1)[C@H](CO)N(C(=O)c1ccccc1)CC31CCN(CC2CC2)CC1. The van der Waals surface area contributed by atoms with E-state index in [9.17, 15) is 9.90 Å². The quantitative estimate of drug-likeness (QED) is 0.606. The fraction of sp³-hybridized carbons (Fsp3) is 0.483. The molecule has 3 aromatic rings. The summed E-state index contributed by atoms with van der Waals surface area (Å²) in [7, 11) is 3.76. The number of methoxy groups -OCH3 is 1. The van der Waals surface area contributed by atoms with E-state index in [1.165, 1.54) is 30.3 Å². The molecule has 1 saturated heterocycles. The zero-order chi connectivity index (χ0) is 24.2. The molecule has 1 N–H and O–H groups in total. The molecule has 0 bridgehead atoms. The van der Waals surface area contributed by atoms with Crippen LogP contribution in [0.1, 0.15) is 53.3 Å². The summed E-state index contributed by atoms with van der Waals surface area (Å²) in [4.78, 5) is 18.4. The Kier molecular flexibility index (Phi) is 5.61. The predicted molar refractivity (Wildman–Crippen MR) is 137 cm³/mol. The van der Waals surface area contributed by atoms with Crippen molar-refractivity contribution in [1.29, 1.82) is 0 Å². The molecule has 2 fully saturated rings. The van der Waals surface area contributed by atoms with Crippen molar-refractivity contribution in [2.75, 3.05) is 39.9 Å². The van der Waals surface area contributed by atoms with Crippen LogP contribution in [0.15, 0.2) is 48.5 Å². The lowest BCUT2D eigenvalue weighted by Crippen LogP contribution is -2.55. The number of amides is 1. The van der Waals surface area contributed by atoms with Gasteiger partial charge in [0.15, 0.2) is 0 Å². The highest BCUT2D eigenvalue weighted by atomic mass is 16.5. The van der Waals surface area contributed by atoms with E-state index in [0.29, 0.717) is 12.1 Å². The molecule has 1 aliphatic carbocycles. The number of carbonyl (C=O) groups is 1. The van der Waals surface area contributed by atoms with E-state index in [0.717, 1.165) is 48.8 Å². The number of hydrogen-bond acceptors (Lipinski definition) is 4. The van der Waals surface area contributed by atoms with Crippen LogP contribution in [0.5, 0.6) is 5.75 Å². The molecule has 1 atom stereocenters. The van der Waals surface area contributed by atoms with Gasteiger partial charge in [-0.05, 0) is 74.5 Å². The normalized spacial score (nSPS) is 21.9. The van der Waals surface area contributed by atoms with Crippen LogP contribution in [0.4, 0.5) is 0 Å². The first-order valence-corrected chi connectivity index (χ1v) is 12.9. The topological polar surface area (TPSA) is 57.9 Å². The van der Waals surface area contributed by atoms with Crippen molar-refractivity contribution in [2.24, 2.45) is 13.0 Å². The number of aliphatic hydroxyl groups excluding tert-OH is 1. The van der Waals surface area contributed by atoms with Crippen LogP contribution in [0, 0.1) is 5.92 Å². The maximum Gasteiger partial charge on any atom is 0.254 e. The summed E-state index contributed by atoms with van der Waals surface area (Å²) in [6, 6.07) is 15.4. The van der Waals surface area contributed by atoms with Gasteiger partial charge in [0.05, 0.1) is 25.3 Å². The Labute approximate surface area is 207 Å². The van der Waals surface area contributed by atoms with Crippen LogP contribution in [0.3, 0.4) is 0 Å². The highest BCUT2D eigenvalue weighted by molar-refractivity contribution is 5.96. The highest BCUT2D eigenvalue weighted by Crippen LogP contribution is 2.50. The van der Waals surface area contributed by atoms with Gasteiger partial charge in [-0.15, -0.1) is 0 Å². The number of nitrogens with zero attached hydrogens (tertiary/aromatic N) is 3. The van der Waals surface area contributed by atoms with Crippen molar-refractivity contribution in [1.82, 2.24) is 14.4 Å². The number of ether oxygens (including phenoxy) is 1. The first kappa shape index (κ1) is 22.6. The molecule has 6 nitrogen and oxygen atoms in total. The third-order valence-electron chi connectivity index (χ3n) is 8.63. The van der Waals surface area contributed by atoms with Crippen molar-refractivity contribution in [3.63, 3.8) is 0 Å². The van der Waals surface area contributed by atoms with E-state index < -0.39 is 0 Å². The Morgan fingerprint density at radius 2 is 1.86 bits per heavy atom. The minimum Gasteiger partial charge on any atom is -0.497 e. The second kappa shape index (κ2) is 8.68. The van der Waals surface area contributed by atoms with Crippen molar-refractivity contribution in [3.05, 3.63) is 65.4 Å². The number of fused-ring (bicyclic) bond motifs is 4. The van der Waals surface area contributed by atoms with Crippen LogP contribution in [-0.2, 0) is 12.5 Å². The fourth-order valence-electron chi connectivity index (χ4n) is 6.56. The molecular formula is C29H35N3O3. The first-order valence-electron chi connectivity index (χ1n) is 12.9. The molecule has 6 heteroatoms. The number of hydrogen-bond donors (Lipinski definition) is 1. The Morgan fingerprint density at radius 1 is 1.11 bits per heavy atom. The number of aliphatic hydroxyl groups is 1. The lowest BCUT2D eigenvalue weighted by Gasteiger charge is -2.50. The third-order valence-corrected chi connectivity index (χ3v) is 8.63. The van der Waals surface area contributed by atoms with Crippen molar-refractivity contribution in [2.45, 2.75) is 37.1 Å². The van der Waals surface area contributed by atoms with Gasteiger partial charge in [0.2, 0.25) is 0 Å². The third kappa shape index (κ3) is 3.74. The summed E-state index contributed by atoms with van der Waals surface area (Å²) < 4.78 is 7.73. The molecule has 3 aliphatic rings. The number of rotatable bonds is 5. The average Bonchev–Trinajstić information content (AvgIpc) is 3.67. The molecule has 6 rings (SSSR count). The van der Waals surface area contributed by atoms with Crippen molar-refractivity contribution < 1.29 is 14.6 Å². The predicted octanol–water partition coefficient (Wildman–Crippen LogP) is 4.12. The molecule has 184 valence electrons. The average molecular weight is 474 g/mol. The molecule has 0 radical (unpaired) electrons. The van der Waals surface area contributed by atoms with E-state index >= 15 is 0 Å².